The number of benzene rings is 7. The first kappa shape index (κ1) is 46.5. The van der Waals surface area contributed by atoms with Crippen LogP contribution < -0.4 is 23.7 Å². The van der Waals surface area contributed by atoms with Crippen LogP contribution in [0.5, 0.6) is 34.5 Å². The number of hydrogen-bond donors (Lipinski definition) is 1. The van der Waals surface area contributed by atoms with Crippen molar-refractivity contribution in [3.63, 3.8) is 0 Å². The van der Waals surface area contributed by atoms with Crippen LogP contribution in [0.2, 0.25) is 0 Å². The summed E-state index contributed by atoms with van der Waals surface area (Å²) in [6, 6.07) is 41.0. The zero-order valence-corrected chi connectivity index (χ0v) is 36.9. The molecule has 0 spiro atoms. The molecule has 1 N–H and O–H groups in total. The monoisotopic (exact) mass is 870 g/mol. The Morgan fingerprint density at radius 3 is 1.43 bits per heavy atom. The molecule has 7 rings (SSSR count). The zero-order valence-electron chi connectivity index (χ0n) is 36.9. The molecule has 0 aromatic heterocycles. The Balaban J connectivity index is 0.000000221. The second kappa shape index (κ2) is 21.9. The molecule has 7 aromatic rings. The van der Waals surface area contributed by atoms with Crippen molar-refractivity contribution in [1.29, 1.82) is 0 Å². The number of phenolic OH excluding ortho intramolecular Hbond substituents is 1. The van der Waals surface area contributed by atoms with E-state index in [-0.39, 0.29) is 5.75 Å². The third-order valence-corrected chi connectivity index (χ3v) is 9.98. The molecule has 0 unspecified atom stereocenters. The number of esters is 4. The highest BCUT2D eigenvalue weighted by Crippen LogP contribution is 2.30. The van der Waals surface area contributed by atoms with Gasteiger partial charge in [-0.3, -0.25) is 0 Å². The van der Waals surface area contributed by atoms with Gasteiger partial charge in [0.1, 0.15) is 41.1 Å². The van der Waals surface area contributed by atoms with Crippen LogP contribution in [0.1, 0.15) is 77.9 Å². The first-order valence-electron chi connectivity index (χ1n) is 21.2. The highest BCUT2D eigenvalue weighted by Gasteiger charge is 2.16. The molecule has 330 valence electrons. The van der Waals surface area contributed by atoms with Gasteiger partial charge < -0.3 is 28.8 Å². The molecule has 65 heavy (non-hydrogen) atoms. The van der Waals surface area contributed by atoms with Crippen molar-refractivity contribution in [3.8, 4) is 34.5 Å². The summed E-state index contributed by atoms with van der Waals surface area (Å²) in [6.07, 6.45) is 3.22. The molecule has 10 heteroatoms. The maximum atomic E-state index is 13.0. The number of ether oxygens (including phenoxy) is 5. The summed E-state index contributed by atoms with van der Waals surface area (Å²) in [5, 5.41) is 13.0. The van der Waals surface area contributed by atoms with Gasteiger partial charge in [0.05, 0.1) is 11.1 Å². The van der Waals surface area contributed by atoms with Crippen LogP contribution in [0.25, 0.3) is 21.5 Å². The van der Waals surface area contributed by atoms with E-state index in [1.807, 2.05) is 49.4 Å². The number of fused-ring (bicyclic) bond motifs is 2. The summed E-state index contributed by atoms with van der Waals surface area (Å²) in [5.74, 6) is 0.789. The van der Waals surface area contributed by atoms with Crippen LogP contribution in [0.4, 0.5) is 0 Å². The largest absolute Gasteiger partial charge is 0.508 e. The van der Waals surface area contributed by atoms with E-state index >= 15 is 0 Å². The lowest BCUT2D eigenvalue weighted by Crippen LogP contribution is -2.10. The van der Waals surface area contributed by atoms with Crippen molar-refractivity contribution < 1.29 is 48.0 Å². The van der Waals surface area contributed by atoms with E-state index in [1.165, 1.54) is 6.07 Å². The molecule has 10 nitrogen and oxygen atoms in total. The topological polar surface area (TPSA) is 135 Å². The molecule has 0 fully saturated rings. The Labute approximate surface area is 378 Å². The van der Waals surface area contributed by atoms with Crippen LogP contribution in [0.15, 0.2) is 164 Å². The molecule has 0 saturated carbocycles. The number of aromatic hydroxyl groups is 1. The molecule has 0 aliphatic rings. The lowest BCUT2D eigenvalue weighted by atomic mass is 10.1. The minimum absolute atomic E-state index is 0.141. The first-order chi connectivity index (χ1) is 31.3. The normalized spacial score (nSPS) is 10.6. The molecule has 0 aliphatic carbocycles. The average molecular weight is 871 g/mol. The quantitative estimate of drug-likeness (QED) is 0.0602. The van der Waals surface area contributed by atoms with Gasteiger partial charge in [0, 0.05) is 11.1 Å². The zero-order chi connectivity index (χ0) is 46.5. The lowest BCUT2D eigenvalue weighted by Gasteiger charge is -2.13. The molecule has 0 atom stereocenters. The van der Waals surface area contributed by atoms with Gasteiger partial charge in [-0.2, -0.15) is 0 Å². The summed E-state index contributed by atoms with van der Waals surface area (Å²) < 4.78 is 27.8. The Hall–Kier alpha value is -7.98. The molecular weight excluding hydrogens is 821 g/mol. The third kappa shape index (κ3) is 12.8. The molecule has 0 amide bonds. The van der Waals surface area contributed by atoms with Gasteiger partial charge in [0.2, 0.25) is 0 Å². The van der Waals surface area contributed by atoms with Crippen molar-refractivity contribution in [2.75, 3.05) is 0 Å². The van der Waals surface area contributed by atoms with E-state index < -0.39 is 23.9 Å². The van der Waals surface area contributed by atoms with E-state index in [0.717, 1.165) is 63.2 Å². The van der Waals surface area contributed by atoms with E-state index in [4.69, 9.17) is 23.7 Å². The number of aryl methyl sites for hydroxylation is 2. The van der Waals surface area contributed by atoms with Crippen molar-refractivity contribution in [2.45, 2.75) is 60.0 Å². The average Bonchev–Trinajstić information content (AvgIpc) is 3.30. The van der Waals surface area contributed by atoms with E-state index in [1.54, 1.807) is 105 Å². The molecule has 7 aromatic carbocycles. The fourth-order valence-electron chi connectivity index (χ4n) is 6.62. The van der Waals surface area contributed by atoms with Crippen LogP contribution in [0, 0.1) is 0 Å². The SMILES string of the molecule is C=C(C)C(=O)Oc1ccc2cc(C(=O)Oc3ccc(O)cc3CCC)ccc2c1.C=C(C)C(=O)Oc1ccc2cc(C(=O)Oc3ccc(OCc4ccccc4)cc3CCC)ccc2c1. The van der Waals surface area contributed by atoms with Gasteiger partial charge in [-0.15, -0.1) is 0 Å². The maximum Gasteiger partial charge on any atom is 0.343 e. The molecule has 0 heterocycles. The Bertz CT molecular complexity index is 2890. The second-order valence-electron chi connectivity index (χ2n) is 15.4. The van der Waals surface area contributed by atoms with Gasteiger partial charge in [-0.25, -0.2) is 19.2 Å². The molecule has 0 radical (unpaired) electrons. The van der Waals surface area contributed by atoms with Crippen molar-refractivity contribution in [3.05, 3.63) is 192 Å². The van der Waals surface area contributed by atoms with Gasteiger partial charge in [0.15, 0.2) is 0 Å². The van der Waals surface area contributed by atoms with Gasteiger partial charge in [0.25, 0.3) is 0 Å². The molecule has 0 aliphatic heterocycles. The minimum Gasteiger partial charge on any atom is -0.508 e. The number of phenols is 1. The Morgan fingerprint density at radius 2 is 0.938 bits per heavy atom. The highest BCUT2D eigenvalue weighted by atomic mass is 16.5. The summed E-state index contributed by atoms with van der Waals surface area (Å²) in [6.45, 7) is 14.9. The Kier molecular flexibility index (Phi) is 15.7. The van der Waals surface area contributed by atoms with Gasteiger partial charge >= 0.3 is 23.9 Å². The number of hydrogen-bond acceptors (Lipinski definition) is 10. The summed E-state index contributed by atoms with van der Waals surface area (Å²) in [4.78, 5) is 49.0. The molecule has 0 bridgehead atoms. The number of carbonyl (C=O) groups is 4. The van der Waals surface area contributed by atoms with Gasteiger partial charge in [-0.05, 0) is 150 Å². The van der Waals surface area contributed by atoms with Crippen molar-refractivity contribution >= 4 is 45.4 Å². The minimum atomic E-state index is -0.485. The third-order valence-electron chi connectivity index (χ3n) is 9.98. The smallest absolute Gasteiger partial charge is 0.343 e. The number of carbonyl (C=O) groups excluding carboxylic acids is 4. The number of rotatable bonds is 15. The predicted molar refractivity (Wildman–Crippen MR) is 252 cm³/mol. The standard InChI is InChI=1S/C31H28O5.C24H22O5/c1-4-8-25-19-27(34-20-22-9-6-5-7-10-22)15-16-29(25)36-31(33)26-12-11-24-18-28(14-13-23(24)17-26)35-30(32)21(2)3;1-4-5-18-13-20(25)9-11-22(18)29-24(27)19-7-6-17-14-21(10-8-16(17)12-19)28-23(26)15(2)3/h5-7,9-19H,2,4,8,20H2,1,3H3;6-14,25H,2,4-5H2,1,3H3. The predicted octanol–water partition coefficient (Wildman–Crippen LogP) is 12.3. The van der Waals surface area contributed by atoms with E-state index in [9.17, 15) is 24.3 Å². The maximum absolute atomic E-state index is 13.0. The van der Waals surface area contributed by atoms with Crippen LogP contribution in [0.3, 0.4) is 0 Å². The van der Waals surface area contributed by atoms with Crippen LogP contribution in [-0.4, -0.2) is 29.0 Å². The van der Waals surface area contributed by atoms with E-state index in [2.05, 4.69) is 20.1 Å². The van der Waals surface area contributed by atoms with Crippen LogP contribution in [-0.2, 0) is 29.0 Å². The molecular formula is C55H50O10. The second-order valence-corrected chi connectivity index (χ2v) is 15.4. The first-order valence-corrected chi connectivity index (χ1v) is 21.2. The Morgan fingerprint density at radius 1 is 0.492 bits per heavy atom. The highest BCUT2D eigenvalue weighted by molar-refractivity contribution is 5.98. The summed E-state index contributed by atoms with van der Waals surface area (Å²) in [7, 11) is 0. The summed E-state index contributed by atoms with van der Waals surface area (Å²) in [5.41, 5.74) is 4.27. The fourth-order valence-corrected chi connectivity index (χ4v) is 6.62. The van der Waals surface area contributed by atoms with E-state index in [0.29, 0.717) is 58.3 Å². The fraction of sp³-hybridized carbons (Fsp3) is 0.164. The van der Waals surface area contributed by atoms with Crippen LogP contribution >= 0.6 is 0 Å². The van der Waals surface area contributed by atoms with Crippen molar-refractivity contribution in [1.82, 2.24) is 0 Å². The van der Waals surface area contributed by atoms with Gasteiger partial charge in [-0.1, -0.05) is 94.4 Å². The van der Waals surface area contributed by atoms with Crippen molar-refractivity contribution in [2.24, 2.45) is 0 Å². The summed E-state index contributed by atoms with van der Waals surface area (Å²) >= 11 is 0. The molecule has 0 saturated heterocycles. The lowest BCUT2D eigenvalue weighted by molar-refractivity contribution is -0.130.